The Morgan fingerprint density at radius 2 is 1.60 bits per heavy atom. The molecule has 1 aliphatic carbocycles. The molecule has 2 aliphatic heterocycles. The molecule has 53 heavy (non-hydrogen) atoms. The number of imide groups is 2. The third kappa shape index (κ3) is 7.72. The molecule has 2 aromatic heterocycles. The fourth-order valence-corrected chi connectivity index (χ4v) is 6.83. The summed E-state index contributed by atoms with van der Waals surface area (Å²) in [5, 5.41) is 23.0. The molecule has 1 atom stereocenters. The molecule has 274 valence electrons. The Hall–Kier alpha value is -5.77. The Morgan fingerprint density at radius 3 is 2.38 bits per heavy atom. The number of nitrogens with zero attached hydrogens (tertiary/aromatic N) is 5. The van der Waals surface area contributed by atoms with Gasteiger partial charge in [-0.3, -0.25) is 39.1 Å². The van der Waals surface area contributed by atoms with E-state index in [0.29, 0.717) is 64.1 Å². The van der Waals surface area contributed by atoms with Crippen LogP contribution in [-0.2, 0) is 36.8 Å². The van der Waals surface area contributed by atoms with E-state index in [2.05, 4.69) is 26.8 Å². The summed E-state index contributed by atoms with van der Waals surface area (Å²) in [6.45, 7) is 3.27. The number of carbonyl (C=O) groups is 4. The standard InChI is InChI=1S/C38H39N7O8/c46-33-9-8-32(36(47)41-33)45-37(48)28-2-1-3-31(34(28)38(45)49)40-14-16-51-18-20-53-21-19-52-17-15-44-23-29(35(42-44)24-10-12-39-13-11-24)26-4-6-27-25(22-26)5-7-30(27)43-50/h1-4,6,10-13,22-23,32,40,50H,5,7-9,14-21H2,(H,41,46,47)/b43-30-. The quantitative estimate of drug-likeness (QED) is 0.0667. The highest BCUT2D eigenvalue weighted by Crippen LogP contribution is 2.35. The molecule has 1 saturated heterocycles. The molecule has 0 saturated carbocycles. The van der Waals surface area contributed by atoms with Crippen molar-refractivity contribution in [3.63, 3.8) is 0 Å². The zero-order valence-corrected chi connectivity index (χ0v) is 29.0. The minimum atomic E-state index is -1.02. The van der Waals surface area contributed by atoms with E-state index in [0.717, 1.165) is 51.3 Å². The molecule has 7 rings (SSSR count). The van der Waals surface area contributed by atoms with Gasteiger partial charge in [-0.2, -0.15) is 5.10 Å². The second-order valence-electron chi connectivity index (χ2n) is 12.7. The van der Waals surface area contributed by atoms with Crippen LogP contribution in [0.3, 0.4) is 0 Å². The van der Waals surface area contributed by atoms with Gasteiger partial charge in [-0.15, -0.1) is 0 Å². The normalized spacial score (nSPS) is 17.4. The van der Waals surface area contributed by atoms with E-state index in [1.807, 2.05) is 35.1 Å². The van der Waals surface area contributed by atoms with E-state index in [-0.39, 0.29) is 24.0 Å². The maximum atomic E-state index is 13.2. The average Bonchev–Trinajstić information content (AvgIpc) is 3.86. The maximum absolute atomic E-state index is 13.2. The molecule has 0 bridgehead atoms. The molecular formula is C38H39N7O8. The zero-order valence-electron chi connectivity index (χ0n) is 29.0. The molecule has 4 aromatic rings. The Balaban J connectivity index is 0.812. The predicted molar refractivity (Wildman–Crippen MR) is 192 cm³/mol. The number of carbonyl (C=O) groups excluding carboxylic acids is 4. The minimum absolute atomic E-state index is 0.0631. The number of piperidine rings is 1. The third-order valence-corrected chi connectivity index (χ3v) is 9.43. The van der Waals surface area contributed by atoms with Crippen molar-refractivity contribution >= 4 is 35.0 Å². The lowest BCUT2D eigenvalue weighted by Crippen LogP contribution is -2.54. The lowest BCUT2D eigenvalue weighted by atomic mass is 9.98. The van der Waals surface area contributed by atoms with E-state index in [1.54, 1.807) is 30.6 Å². The first-order valence-corrected chi connectivity index (χ1v) is 17.6. The summed E-state index contributed by atoms with van der Waals surface area (Å²) in [6, 6.07) is 14.0. The van der Waals surface area contributed by atoms with Crippen molar-refractivity contribution in [2.75, 3.05) is 51.5 Å². The van der Waals surface area contributed by atoms with Crippen LogP contribution in [0.4, 0.5) is 5.69 Å². The van der Waals surface area contributed by atoms with Gasteiger partial charge in [-0.25, -0.2) is 0 Å². The first-order chi connectivity index (χ1) is 25.9. The van der Waals surface area contributed by atoms with Crippen LogP contribution >= 0.6 is 0 Å². The number of hydrogen-bond acceptors (Lipinski definition) is 12. The number of aromatic nitrogens is 3. The van der Waals surface area contributed by atoms with Crippen LogP contribution in [0.25, 0.3) is 22.4 Å². The van der Waals surface area contributed by atoms with Crippen LogP contribution in [0.15, 0.2) is 72.3 Å². The summed E-state index contributed by atoms with van der Waals surface area (Å²) in [6.07, 6.45) is 7.24. The molecule has 15 nitrogen and oxygen atoms in total. The summed E-state index contributed by atoms with van der Waals surface area (Å²) in [5.74, 6) is -2.17. The molecule has 0 spiro atoms. The number of pyridine rings is 1. The third-order valence-electron chi connectivity index (χ3n) is 9.43. The second-order valence-corrected chi connectivity index (χ2v) is 12.7. The molecule has 3 N–H and O–H groups in total. The molecular weight excluding hydrogens is 682 g/mol. The van der Waals surface area contributed by atoms with Gasteiger partial charge in [-0.1, -0.05) is 29.4 Å². The Morgan fingerprint density at radius 1 is 0.830 bits per heavy atom. The largest absolute Gasteiger partial charge is 0.411 e. The van der Waals surface area contributed by atoms with E-state index >= 15 is 0 Å². The molecule has 0 radical (unpaired) electrons. The van der Waals surface area contributed by atoms with E-state index in [9.17, 15) is 24.4 Å². The number of rotatable bonds is 16. The van der Waals surface area contributed by atoms with Gasteiger partial charge in [0.1, 0.15) is 11.7 Å². The molecule has 3 aliphatic rings. The number of oxime groups is 1. The monoisotopic (exact) mass is 721 g/mol. The lowest BCUT2D eigenvalue weighted by Gasteiger charge is -2.27. The van der Waals surface area contributed by atoms with Gasteiger partial charge in [0.15, 0.2) is 0 Å². The molecule has 2 aromatic carbocycles. The van der Waals surface area contributed by atoms with Gasteiger partial charge in [0.05, 0.1) is 63.0 Å². The number of aryl methyl sites for hydroxylation is 1. The lowest BCUT2D eigenvalue weighted by molar-refractivity contribution is -0.136. The van der Waals surface area contributed by atoms with Gasteiger partial charge in [0.25, 0.3) is 11.8 Å². The number of benzene rings is 2. The number of nitrogens with one attached hydrogen (secondary N) is 2. The van der Waals surface area contributed by atoms with Crippen LogP contribution < -0.4 is 10.6 Å². The minimum Gasteiger partial charge on any atom is -0.411 e. The van der Waals surface area contributed by atoms with Crippen LogP contribution in [0.1, 0.15) is 51.1 Å². The maximum Gasteiger partial charge on any atom is 0.264 e. The Bertz CT molecular complexity index is 2050. The fraction of sp³-hybridized carbons (Fsp3) is 0.342. The molecule has 4 heterocycles. The highest BCUT2D eigenvalue weighted by molar-refractivity contribution is 6.25. The highest BCUT2D eigenvalue weighted by Gasteiger charge is 2.45. The van der Waals surface area contributed by atoms with Gasteiger partial charge in [-0.05, 0) is 54.7 Å². The van der Waals surface area contributed by atoms with Crippen molar-refractivity contribution in [3.05, 3.63) is 89.4 Å². The van der Waals surface area contributed by atoms with Crippen LogP contribution in [0, 0.1) is 0 Å². The van der Waals surface area contributed by atoms with Crippen LogP contribution in [-0.4, -0.2) is 106 Å². The van der Waals surface area contributed by atoms with Crippen molar-refractivity contribution in [2.45, 2.75) is 38.3 Å². The molecule has 15 heteroatoms. The number of hydrogen-bond donors (Lipinski definition) is 3. The second kappa shape index (κ2) is 16.3. The predicted octanol–water partition coefficient (Wildman–Crippen LogP) is 3.30. The Labute approximate surface area is 304 Å². The summed E-state index contributed by atoms with van der Waals surface area (Å²) in [4.78, 5) is 55.2. The number of ether oxygens (including phenoxy) is 3. The Kier molecular flexibility index (Phi) is 10.9. The van der Waals surface area contributed by atoms with Crippen molar-refractivity contribution in [1.82, 2.24) is 25.0 Å². The van der Waals surface area contributed by atoms with Crippen LogP contribution in [0.2, 0.25) is 0 Å². The van der Waals surface area contributed by atoms with Gasteiger partial charge in [0.2, 0.25) is 11.8 Å². The topological polar surface area (TPSA) is 187 Å². The average molecular weight is 722 g/mol. The number of anilines is 1. The first kappa shape index (κ1) is 35.6. The van der Waals surface area contributed by atoms with Crippen molar-refractivity contribution in [3.8, 4) is 22.4 Å². The van der Waals surface area contributed by atoms with Crippen molar-refractivity contribution < 1.29 is 38.6 Å². The first-order valence-electron chi connectivity index (χ1n) is 17.6. The van der Waals surface area contributed by atoms with E-state index in [4.69, 9.17) is 19.3 Å². The summed E-state index contributed by atoms with van der Waals surface area (Å²) in [5.41, 5.74) is 7.62. The summed E-state index contributed by atoms with van der Waals surface area (Å²) >= 11 is 0. The smallest absolute Gasteiger partial charge is 0.264 e. The van der Waals surface area contributed by atoms with Crippen LogP contribution in [0.5, 0.6) is 0 Å². The van der Waals surface area contributed by atoms with Gasteiger partial charge < -0.3 is 24.7 Å². The number of fused-ring (bicyclic) bond motifs is 2. The van der Waals surface area contributed by atoms with Crippen molar-refractivity contribution in [1.29, 1.82) is 0 Å². The SMILES string of the molecule is O=C1CCC(N2C(=O)c3cccc(NCCOCCOCCOCCn4cc(-c5ccc6c(c5)CC/C6=N/O)c(-c5ccncc5)n4)c3C2=O)C(=O)N1. The number of amides is 4. The highest BCUT2D eigenvalue weighted by atomic mass is 16.5. The van der Waals surface area contributed by atoms with Gasteiger partial charge >= 0.3 is 0 Å². The molecule has 1 unspecified atom stereocenters. The van der Waals surface area contributed by atoms with Crippen molar-refractivity contribution in [2.24, 2.45) is 5.16 Å². The summed E-state index contributed by atoms with van der Waals surface area (Å²) < 4.78 is 19.0. The summed E-state index contributed by atoms with van der Waals surface area (Å²) in [7, 11) is 0. The fourth-order valence-electron chi connectivity index (χ4n) is 6.83. The van der Waals surface area contributed by atoms with E-state index < -0.39 is 29.7 Å². The zero-order chi connectivity index (χ0) is 36.7. The molecule has 4 amide bonds. The van der Waals surface area contributed by atoms with Gasteiger partial charge in [0, 0.05) is 53.9 Å². The van der Waals surface area contributed by atoms with E-state index in [1.165, 1.54) is 0 Å². The molecule has 1 fully saturated rings.